The molecule has 82 heavy (non-hydrogen) atoms. The average Bonchev–Trinajstić information content (AvgIpc) is 3.47. The van der Waals surface area contributed by atoms with Crippen LogP contribution in [0, 0.1) is 0 Å². The topological polar surface area (TPSA) is 78.9 Å². The van der Waals surface area contributed by atoms with Gasteiger partial charge in [0, 0.05) is 19.3 Å². The van der Waals surface area contributed by atoms with Crippen LogP contribution in [0.15, 0.2) is 24.3 Å². The van der Waals surface area contributed by atoms with Crippen molar-refractivity contribution in [3.63, 3.8) is 0 Å². The van der Waals surface area contributed by atoms with Crippen LogP contribution in [-0.2, 0) is 28.6 Å². The van der Waals surface area contributed by atoms with Crippen molar-refractivity contribution in [3.8, 4) is 0 Å². The van der Waals surface area contributed by atoms with Crippen LogP contribution in [0.1, 0.15) is 425 Å². The van der Waals surface area contributed by atoms with Crippen LogP contribution < -0.4 is 0 Å². The van der Waals surface area contributed by atoms with Crippen molar-refractivity contribution < 1.29 is 28.6 Å². The number of carbonyl (C=O) groups excluding carboxylic acids is 3. The molecular weight excluding hydrogens is 1010 g/mol. The molecule has 0 radical (unpaired) electrons. The highest BCUT2D eigenvalue weighted by atomic mass is 16.6. The van der Waals surface area contributed by atoms with Gasteiger partial charge in [0.05, 0.1) is 0 Å². The third-order valence-electron chi connectivity index (χ3n) is 17.2. The van der Waals surface area contributed by atoms with Crippen LogP contribution in [-0.4, -0.2) is 37.2 Å². The van der Waals surface area contributed by atoms with Crippen LogP contribution in [0.2, 0.25) is 0 Å². The number of hydrogen-bond acceptors (Lipinski definition) is 6. The van der Waals surface area contributed by atoms with Crippen molar-refractivity contribution >= 4 is 17.9 Å². The first-order chi connectivity index (χ1) is 40.5. The summed E-state index contributed by atoms with van der Waals surface area (Å²) in [6.45, 7) is 6.65. The maximum Gasteiger partial charge on any atom is 0.306 e. The fourth-order valence-corrected chi connectivity index (χ4v) is 11.6. The van der Waals surface area contributed by atoms with E-state index in [1.165, 1.54) is 302 Å². The first-order valence-corrected chi connectivity index (χ1v) is 37.3. The molecule has 0 aliphatic carbocycles. The SMILES string of the molecule is CCC/C=C\C/C=C\CCCCCCCC(=O)OCC(COC(=O)CCCCCCCCCCCCCCCCCCCCCCCCCCCCCCCCCCC)OC(=O)CCCCCCCCCCCCCCCCCCCC. The molecule has 1 unspecified atom stereocenters. The van der Waals surface area contributed by atoms with E-state index >= 15 is 0 Å². The standard InChI is InChI=1S/C76H144O6/c1-4-7-10-13-16-19-22-25-27-29-31-32-33-34-35-36-37-38-39-40-41-42-43-44-45-47-48-51-54-57-60-63-66-69-75(78)81-72-73(71-80-74(77)68-65-62-59-56-53-50-24-21-18-15-12-9-6-3)82-76(79)70-67-64-61-58-55-52-49-46-30-28-26-23-20-17-14-11-8-5-2/h12,15,21,24,73H,4-11,13-14,16-20,22-23,25-72H2,1-3H3/b15-12-,24-21-. The molecule has 1 atom stereocenters. The van der Waals surface area contributed by atoms with Gasteiger partial charge in [0.2, 0.25) is 0 Å². The second-order valence-electron chi connectivity index (χ2n) is 25.6. The molecule has 0 heterocycles. The normalized spacial score (nSPS) is 12.1. The van der Waals surface area contributed by atoms with E-state index in [-0.39, 0.29) is 31.1 Å². The van der Waals surface area contributed by atoms with Gasteiger partial charge >= 0.3 is 17.9 Å². The van der Waals surface area contributed by atoms with E-state index < -0.39 is 6.10 Å². The van der Waals surface area contributed by atoms with Gasteiger partial charge < -0.3 is 14.2 Å². The molecule has 0 spiro atoms. The molecule has 0 aromatic carbocycles. The summed E-state index contributed by atoms with van der Waals surface area (Å²) in [4.78, 5) is 38.4. The Labute approximate surface area is 513 Å². The number of ether oxygens (including phenoxy) is 3. The van der Waals surface area contributed by atoms with Crippen molar-refractivity contribution in [2.24, 2.45) is 0 Å². The Kier molecular flexibility index (Phi) is 69.5. The quantitative estimate of drug-likeness (QED) is 0.0261. The van der Waals surface area contributed by atoms with Crippen molar-refractivity contribution in [3.05, 3.63) is 24.3 Å². The predicted molar refractivity (Wildman–Crippen MR) is 358 cm³/mol. The Morgan fingerprint density at radius 1 is 0.244 bits per heavy atom. The van der Waals surface area contributed by atoms with Crippen molar-refractivity contribution in [1.82, 2.24) is 0 Å². The summed E-state index contributed by atoms with van der Waals surface area (Å²) in [6.07, 6.45) is 88.1. The minimum Gasteiger partial charge on any atom is -0.462 e. The maximum absolute atomic E-state index is 12.9. The molecule has 0 fully saturated rings. The molecular formula is C76H144O6. The Hall–Kier alpha value is -2.11. The van der Waals surface area contributed by atoms with Crippen LogP contribution in [0.4, 0.5) is 0 Å². The second kappa shape index (κ2) is 71.4. The van der Waals surface area contributed by atoms with E-state index in [0.717, 1.165) is 83.5 Å². The molecule has 0 saturated carbocycles. The number of rotatable bonds is 70. The van der Waals surface area contributed by atoms with Crippen molar-refractivity contribution in [2.75, 3.05) is 13.2 Å². The predicted octanol–water partition coefficient (Wildman–Crippen LogP) is 25.7. The van der Waals surface area contributed by atoms with Crippen LogP contribution >= 0.6 is 0 Å². The zero-order valence-electron chi connectivity index (χ0n) is 55.8. The van der Waals surface area contributed by atoms with Gasteiger partial charge in [-0.25, -0.2) is 0 Å². The summed E-state index contributed by atoms with van der Waals surface area (Å²) in [5.41, 5.74) is 0. The molecule has 0 saturated heterocycles. The van der Waals surface area contributed by atoms with Crippen LogP contribution in [0.3, 0.4) is 0 Å². The summed E-state index contributed by atoms with van der Waals surface area (Å²) in [7, 11) is 0. The lowest BCUT2D eigenvalue weighted by Gasteiger charge is -2.18. The van der Waals surface area contributed by atoms with Gasteiger partial charge in [-0.3, -0.25) is 14.4 Å². The summed E-state index contributed by atoms with van der Waals surface area (Å²) >= 11 is 0. The number of esters is 3. The Morgan fingerprint density at radius 3 is 0.720 bits per heavy atom. The summed E-state index contributed by atoms with van der Waals surface area (Å²) in [5, 5.41) is 0. The van der Waals surface area contributed by atoms with Gasteiger partial charge in [0.1, 0.15) is 13.2 Å². The first kappa shape index (κ1) is 79.9. The van der Waals surface area contributed by atoms with E-state index in [0.29, 0.717) is 19.3 Å². The van der Waals surface area contributed by atoms with Crippen molar-refractivity contribution in [2.45, 2.75) is 431 Å². The zero-order chi connectivity index (χ0) is 59.2. The lowest BCUT2D eigenvalue weighted by atomic mass is 10.0. The fraction of sp³-hybridized carbons (Fsp3) is 0.908. The number of carbonyl (C=O) groups is 3. The van der Waals surface area contributed by atoms with Crippen molar-refractivity contribution in [1.29, 1.82) is 0 Å². The van der Waals surface area contributed by atoms with Crippen LogP contribution in [0.5, 0.6) is 0 Å². The van der Waals surface area contributed by atoms with E-state index in [1.54, 1.807) is 0 Å². The van der Waals surface area contributed by atoms with Gasteiger partial charge in [0.25, 0.3) is 0 Å². The van der Waals surface area contributed by atoms with Crippen LogP contribution in [0.25, 0.3) is 0 Å². The fourth-order valence-electron chi connectivity index (χ4n) is 11.6. The minimum absolute atomic E-state index is 0.0693. The molecule has 0 aliphatic heterocycles. The average molecular weight is 1150 g/mol. The molecule has 0 aromatic rings. The lowest BCUT2D eigenvalue weighted by molar-refractivity contribution is -0.167. The summed E-state index contributed by atoms with van der Waals surface area (Å²) in [6, 6.07) is 0. The van der Waals surface area contributed by atoms with E-state index in [9.17, 15) is 14.4 Å². The highest BCUT2D eigenvalue weighted by Gasteiger charge is 2.20. The van der Waals surface area contributed by atoms with Gasteiger partial charge in [-0.15, -0.1) is 0 Å². The molecule has 6 nitrogen and oxygen atoms in total. The van der Waals surface area contributed by atoms with E-state index in [2.05, 4.69) is 45.1 Å². The molecule has 0 N–H and O–H groups in total. The molecule has 0 amide bonds. The second-order valence-corrected chi connectivity index (χ2v) is 25.6. The highest BCUT2D eigenvalue weighted by molar-refractivity contribution is 5.71. The molecule has 484 valence electrons. The molecule has 0 aromatic heterocycles. The lowest BCUT2D eigenvalue weighted by Crippen LogP contribution is -2.30. The number of hydrogen-bond donors (Lipinski definition) is 0. The van der Waals surface area contributed by atoms with Gasteiger partial charge in [0.15, 0.2) is 6.10 Å². The van der Waals surface area contributed by atoms with E-state index in [1.807, 2.05) is 0 Å². The summed E-state index contributed by atoms with van der Waals surface area (Å²) in [5.74, 6) is -0.852. The van der Waals surface area contributed by atoms with Gasteiger partial charge in [-0.2, -0.15) is 0 Å². The Bertz CT molecular complexity index is 1320. The minimum atomic E-state index is -0.774. The van der Waals surface area contributed by atoms with E-state index in [4.69, 9.17) is 14.2 Å². The zero-order valence-corrected chi connectivity index (χ0v) is 55.8. The largest absolute Gasteiger partial charge is 0.462 e. The Balaban J connectivity index is 4.08. The van der Waals surface area contributed by atoms with Gasteiger partial charge in [-0.1, -0.05) is 385 Å². The monoisotopic (exact) mass is 1150 g/mol. The molecule has 6 heteroatoms. The maximum atomic E-state index is 12.9. The molecule has 0 aliphatic rings. The first-order valence-electron chi connectivity index (χ1n) is 37.3. The van der Waals surface area contributed by atoms with Gasteiger partial charge in [-0.05, 0) is 44.9 Å². The molecule has 0 bridgehead atoms. The highest BCUT2D eigenvalue weighted by Crippen LogP contribution is 2.20. The smallest absolute Gasteiger partial charge is 0.306 e. The number of allylic oxidation sites excluding steroid dienone is 4. The number of unbranched alkanes of at least 4 members (excludes halogenated alkanes) is 55. The molecule has 0 rings (SSSR count). The third kappa shape index (κ3) is 68.7. The summed E-state index contributed by atoms with van der Waals surface area (Å²) < 4.78 is 17.0. The third-order valence-corrected chi connectivity index (χ3v) is 17.2. The Morgan fingerprint density at radius 2 is 0.463 bits per heavy atom.